The number of hydrogen-bond donors (Lipinski definition) is 0. The Balaban J connectivity index is 5.25. The van der Waals surface area contributed by atoms with E-state index in [0.29, 0.717) is 37.2 Å². The predicted octanol–water partition coefficient (Wildman–Crippen LogP) is 6.77. The van der Waals surface area contributed by atoms with Gasteiger partial charge in [-0.05, 0) is 38.0 Å². The lowest BCUT2D eigenvalue weighted by molar-refractivity contribution is -0.142. The zero-order valence-corrected chi connectivity index (χ0v) is 19.1. The van der Waals surface area contributed by atoms with Crippen LogP contribution in [0.2, 0.25) is 0 Å². The average molecular weight is 397 g/mol. The SMILES string of the molecule is CCCCCCCCC(C(=O)OCCCC)=C(CC(C)C)C(=O)OCCCC. The second-order valence-electron chi connectivity index (χ2n) is 8.05. The van der Waals surface area contributed by atoms with Crippen LogP contribution < -0.4 is 0 Å². The topological polar surface area (TPSA) is 52.6 Å². The van der Waals surface area contributed by atoms with Crippen LogP contribution in [0.5, 0.6) is 0 Å². The average Bonchev–Trinajstić information content (AvgIpc) is 2.66. The largest absolute Gasteiger partial charge is 0.462 e. The highest BCUT2D eigenvalue weighted by atomic mass is 16.5. The highest BCUT2D eigenvalue weighted by molar-refractivity contribution is 6.00. The molecule has 0 bridgehead atoms. The van der Waals surface area contributed by atoms with E-state index in [1.165, 1.54) is 25.7 Å². The van der Waals surface area contributed by atoms with Crippen molar-refractivity contribution in [3.05, 3.63) is 11.1 Å². The molecule has 0 N–H and O–H groups in total. The number of carbonyl (C=O) groups is 2. The maximum Gasteiger partial charge on any atom is 0.334 e. The van der Waals surface area contributed by atoms with E-state index >= 15 is 0 Å². The molecule has 0 spiro atoms. The Bertz CT molecular complexity index is 452. The minimum Gasteiger partial charge on any atom is -0.462 e. The minimum absolute atomic E-state index is 0.275. The van der Waals surface area contributed by atoms with Gasteiger partial charge < -0.3 is 9.47 Å². The van der Waals surface area contributed by atoms with Crippen molar-refractivity contribution in [2.24, 2.45) is 5.92 Å². The van der Waals surface area contributed by atoms with Crippen LogP contribution in [0, 0.1) is 5.92 Å². The van der Waals surface area contributed by atoms with E-state index in [0.717, 1.165) is 38.5 Å². The summed E-state index contributed by atoms with van der Waals surface area (Å²) in [6.07, 6.45) is 11.6. The summed E-state index contributed by atoms with van der Waals surface area (Å²) in [6, 6.07) is 0. The maximum atomic E-state index is 12.8. The van der Waals surface area contributed by atoms with Gasteiger partial charge in [0.2, 0.25) is 0 Å². The van der Waals surface area contributed by atoms with Crippen molar-refractivity contribution < 1.29 is 19.1 Å². The van der Waals surface area contributed by atoms with E-state index in [2.05, 4.69) is 34.6 Å². The first-order valence-electron chi connectivity index (χ1n) is 11.5. The number of esters is 2. The Morgan fingerprint density at radius 1 is 0.643 bits per heavy atom. The molecule has 0 aliphatic heterocycles. The molecule has 0 saturated carbocycles. The van der Waals surface area contributed by atoms with E-state index in [1.54, 1.807) is 0 Å². The summed E-state index contributed by atoms with van der Waals surface area (Å²) in [5.41, 5.74) is 1.07. The first-order valence-corrected chi connectivity index (χ1v) is 11.5. The third-order valence-corrected chi connectivity index (χ3v) is 4.71. The molecule has 4 nitrogen and oxygen atoms in total. The molecule has 0 amide bonds. The van der Waals surface area contributed by atoms with Gasteiger partial charge in [0.15, 0.2) is 0 Å². The Morgan fingerprint density at radius 3 is 1.61 bits per heavy atom. The number of carbonyl (C=O) groups excluding carboxylic acids is 2. The normalized spacial score (nSPS) is 12.1. The van der Waals surface area contributed by atoms with Gasteiger partial charge in [0.25, 0.3) is 0 Å². The molecule has 0 saturated heterocycles. The first kappa shape index (κ1) is 26.7. The molecule has 0 aliphatic rings. The molecule has 0 fully saturated rings. The van der Waals surface area contributed by atoms with Gasteiger partial charge in [0.1, 0.15) is 0 Å². The summed E-state index contributed by atoms with van der Waals surface area (Å²) in [7, 11) is 0. The van der Waals surface area contributed by atoms with E-state index in [1.807, 2.05) is 0 Å². The van der Waals surface area contributed by atoms with Crippen LogP contribution in [0.3, 0.4) is 0 Å². The number of ether oxygens (including phenoxy) is 2. The smallest absolute Gasteiger partial charge is 0.334 e. The molecule has 0 atom stereocenters. The van der Waals surface area contributed by atoms with Crippen molar-refractivity contribution in [1.82, 2.24) is 0 Å². The molecule has 0 aromatic rings. The van der Waals surface area contributed by atoms with Crippen molar-refractivity contribution in [2.75, 3.05) is 13.2 Å². The molecule has 0 radical (unpaired) electrons. The van der Waals surface area contributed by atoms with Gasteiger partial charge in [-0.25, -0.2) is 9.59 Å². The predicted molar refractivity (Wildman–Crippen MR) is 116 cm³/mol. The lowest BCUT2D eigenvalue weighted by Crippen LogP contribution is -2.19. The fourth-order valence-corrected chi connectivity index (χ4v) is 2.99. The molecule has 164 valence electrons. The van der Waals surface area contributed by atoms with Crippen LogP contribution in [0.15, 0.2) is 11.1 Å². The van der Waals surface area contributed by atoms with Crippen molar-refractivity contribution in [1.29, 1.82) is 0 Å². The van der Waals surface area contributed by atoms with Crippen molar-refractivity contribution in [3.8, 4) is 0 Å². The maximum absolute atomic E-state index is 12.8. The molecule has 0 unspecified atom stereocenters. The third kappa shape index (κ3) is 13.0. The molecular weight excluding hydrogens is 352 g/mol. The quantitative estimate of drug-likeness (QED) is 0.155. The number of rotatable bonds is 17. The molecule has 0 aromatic carbocycles. The van der Waals surface area contributed by atoms with E-state index in [4.69, 9.17) is 9.47 Å². The van der Waals surface area contributed by atoms with Crippen LogP contribution in [-0.2, 0) is 19.1 Å². The Labute approximate surface area is 173 Å². The zero-order chi connectivity index (χ0) is 21.2. The first-order chi connectivity index (χ1) is 13.5. The van der Waals surface area contributed by atoms with Crippen LogP contribution in [0.1, 0.15) is 112 Å². The lowest BCUT2D eigenvalue weighted by Gasteiger charge is -2.16. The van der Waals surface area contributed by atoms with Crippen molar-refractivity contribution in [3.63, 3.8) is 0 Å². The molecule has 0 aromatic heterocycles. The van der Waals surface area contributed by atoms with Gasteiger partial charge in [0.05, 0.1) is 13.2 Å². The van der Waals surface area contributed by atoms with Gasteiger partial charge >= 0.3 is 11.9 Å². The summed E-state index contributed by atoms with van der Waals surface area (Å²) in [5, 5.41) is 0. The zero-order valence-electron chi connectivity index (χ0n) is 19.1. The van der Waals surface area contributed by atoms with Crippen molar-refractivity contribution >= 4 is 11.9 Å². The van der Waals surface area contributed by atoms with Crippen LogP contribution in [0.4, 0.5) is 0 Å². The fourth-order valence-electron chi connectivity index (χ4n) is 2.99. The van der Waals surface area contributed by atoms with E-state index in [-0.39, 0.29) is 17.9 Å². The standard InChI is InChI=1S/C24H44O4/c1-6-9-12-13-14-15-16-21(23(25)27-17-10-7-2)22(19-20(4)5)24(26)28-18-11-8-3/h20H,6-19H2,1-5H3. The van der Waals surface area contributed by atoms with Crippen LogP contribution in [-0.4, -0.2) is 25.2 Å². The molecule has 0 heterocycles. The summed E-state index contributed by atoms with van der Waals surface area (Å²) in [4.78, 5) is 25.5. The fraction of sp³-hybridized carbons (Fsp3) is 0.833. The summed E-state index contributed by atoms with van der Waals surface area (Å²) in [5.74, 6) is -0.391. The second-order valence-corrected chi connectivity index (χ2v) is 8.05. The summed E-state index contributed by atoms with van der Waals surface area (Å²) < 4.78 is 10.9. The van der Waals surface area contributed by atoms with Crippen molar-refractivity contribution in [2.45, 2.75) is 112 Å². The van der Waals surface area contributed by atoms with Gasteiger partial charge in [-0.3, -0.25) is 0 Å². The summed E-state index contributed by atoms with van der Waals surface area (Å²) in [6.45, 7) is 11.3. The number of hydrogen-bond acceptors (Lipinski definition) is 4. The summed E-state index contributed by atoms with van der Waals surface area (Å²) >= 11 is 0. The van der Waals surface area contributed by atoms with Crippen LogP contribution in [0.25, 0.3) is 0 Å². The van der Waals surface area contributed by atoms with E-state index < -0.39 is 0 Å². The van der Waals surface area contributed by atoms with Gasteiger partial charge in [-0.15, -0.1) is 0 Å². The van der Waals surface area contributed by atoms with Gasteiger partial charge in [0, 0.05) is 11.1 Å². The monoisotopic (exact) mass is 396 g/mol. The third-order valence-electron chi connectivity index (χ3n) is 4.71. The molecule has 0 rings (SSSR count). The second kappa shape index (κ2) is 17.8. The molecule has 28 heavy (non-hydrogen) atoms. The van der Waals surface area contributed by atoms with Gasteiger partial charge in [-0.2, -0.15) is 0 Å². The Hall–Kier alpha value is -1.32. The highest BCUT2D eigenvalue weighted by Crippen LogP contribution is 2.23. The highest BCUT2D eigenvalue weighted by Gasteiger charge is 2.24. The Morgan fingerprint density at radius 2 is 1.11 bits per heavy atom. The molecule has 0 aliphatic carbocycles. The number of unbranched alkanes of at least 4 members (excludes halogenated alkanes) is 7. The Kier molecular flexibility index (Phi) is 16.9. The van der Waals surface area contributed by atoms with Gasteiger partial charge in [-0.1, -0.05) is 79.6 Å². The lowest BCUT2D eigenvalue weighted by atomic mass is 9.94. The van der Waals surface area contributed by atoms with Crippen LogP contribution >= 0.6 is 0 Å². The minimum atomic E-state index is -0.337. The molecule has 4 heteroatoms. The van der Waals surface area contributed by atoms with E-state index in [9.17, 15) is 9.59 Å². The molecular formula is C24H44O4.